The highest BCUT2D eigenvalue weighted by Crippen LogP contribution is 2.25. The molecule has 2 aromatic carbocycles. The second-order valence-corrected chi connectivity index (χ2v) is 12.7. The molecule has 1 saturated carbocycles. The van der Waals surface area contributed by atoms with Crippen LogP contribution in [0.3, 0.4) is 0 Å². The Balaban J connectivity index is 1.75. The van der Waals surface area contributed by atoms with E-state index in [4.69, 9.17) is 11.6 Å². The average Bonchev–Trinajstić information content (AvgIpc) is 2.87. The average molecular weight is 562 g/mol. The molecule has 0 unspecified atom stereocenters. The maximum absolute atomic E-state index is 13.5. The third kappa shape index (κ3) is 8.21. The highest BCUT2D eigenvalue weighted by molar-refractivity contribution is 7.92. The van der Waals surface area contributed by atoms with Crippen molar-refractivity contribution in [1.29, 1.82) is 0 Å². The van der Waals surface area contributed by atoms with Crippen molar-refractivity contribution in [2.45, 2.75) is 84.3 Å². The van der Waals surface area contributed by atoms with E-state index in [1.807, 2.05) is 50.2 Å². The van der Waals surface area contributed by atoms with Crippen LogP contribution in [0.1, 0.15) is 68.6 Å². The summed E-state index contributed by atoms with van der Waals surface area (Å²) in [5.74, 6) is -0.393. The lowest BCUT2D eigenvalue weighted by Gasteiger charge is -2.32. The van der Waals surface area contributed by atoms with E-state index in [-0.39, 0.29) is 37.4 Å². The third-order valence-electron chi connectivity index (χ3n) is 7.20. The molecule has 0 radical (unpaired) electrons. The summed E-state index contributed by atoms with van der Waals surface area (Å²) in [6.45, 7) is 5.89. The quantitative estimate of drug-likeness (QED) is 0.399. The molecule has 2 aromatic rings. The van der Waals surface area contributed by atoms with Crippen molar-refractivity contribution in [1.82, 2.24) is 10.2 Å². The first-order chi connectivity index (χ1) is 18.0. The molecule has 1 N–H and O–H groups in total. The van der Waals surface area contributed by atoms with Crippen LogP contribution in [0.15, 0.2) is 42.5 Å². The number of carbonyl (C=O) groups excluding carboxylic acids is 2. The van der Waals surface area contributed by atoms with Crippen molar-refractivity contribution in [2.75, 3.05) is 17.1 Å². The smallest absolute Gasteiger partial charge is 0.242 e. The summed E-state index contributed by atoms with van der Waals surface area (Å²) in [6.07, 6.45) is 6.88. The Hall–Kier alpha value is -2.58. The van der Waals surface area contributed by atoms with Crippen LogP contribution < -0.4 is 9.62 Å². The molecule has 1 aliphatic rings. The number of nitrogens with one attached hydrogen (secondary N) is 1. The normalized spacial score (nSPS) is 15.1. The zero-order chi connectivity index (χ0) is 27.9. The molecule has 9 heteroatoms. The van der Waals surface area contributed by atoms with E-state index in [1.54, 1.807) is 17.9 Å². The van der Waals surface area contributed by atoms with Gasteiger partial charge in [-0.05, 0) is 68.9 Å². The van der Waals surface area contributed by atoms with Gasteiger partial charge < -0.3 is 10.2 Å². The van der Waals surface area contributed by atoms with Crippen molar-refractivity contribution >= 4 is 39.1 Å². The first-order valence-corrected chi connectivity index (χ1v) is 15.6. The van der Waals surface area contributed by atoms with Gasteiger partial charge in [0.15, 0.2) is 0 Å². The molecule has 1 atom stereocenters. The summed E-state index contributed by atoms with van der Waals surface area (Å²) >= 11 is 6.39. The van der Waals surface area contributed by atoms with Crippen LogP contribution in [0.25, 0.3) is 0 Å². The number of sulfonamides is 1. The number of amides is 2. The van der Waals surface area contributed by atoms with E-state index in [1.165, 1.54) is 17.0 Å². The Morgan fingerprint density at radius 2 is 1.76 bits per heavy atom. The maximum Gasteiger partial charge on any atom is 0.242 e. The summed E-state index contributed by atoms with van der Waals surface area (Å²) in [5, 5.41) is 3.66. The number of hydrogen-bond donors (Lipinski definition) is 1. The minimum atomic E-state index is -3.55. The summed E-state index contributed by atoms with van der Waals surface area (Å²) in [7, 11) is -3.55. The van der Waals surface area contributed by atoms with Gasteiger partial charge >= 0.3 is 0 Å². The summed E-state index contributed by atoms with van der Waals surface area (Å²) in [5.41, 5.74) is 3.18. The zero-order valence-corrected chi connectivity index (χ0v) is 24.4. The van der Waals surface area contributed by atoms with Gasteiger partial charge in [-0.25, -0.2) is 8.42 Å². The van der Waals surface area contributed by atoms with Gasteiger partial charge in [-0.15, -0.1) is 0 Å². The molecular formula is C29H40ClN3O4S. The lowest BCUT2D eigenvalue weighted by Crippen LogP contribution is -2.50. The van der Waals surface area contributed by atoms with E-state index in [9.17, 15) is 18.0 Å². The van der Waals surface area contributed by atoms with Gasteiger partial charge in [0.2, 0.25) is 21.8 Å². The van der Waals surface area contributed by atoms with Crippen molar-refractivity contribution in [3.05, 3.63) is 64.2 Å². The van der Waals surface area contributed by atoms with Gasteiger partial charge in [-0.2, -0.15) is 0 Å². The van der Waals surface area contributed by atoms with E-state index in [0.717, 1.165) is 42.4 Å². The molecule has 38 heavy (non-hydrogen) atoms. The second kappa shape index (κ2) is 13.5. The van der Waals surface area contributed by atoms with Crippen molar-refractivity contribution in [3.8, 4) is 0 Å². The standard InChI is InChI=1S/C29H40ClN3O4S/c1-21-16-17-22(2)27(19-21)33(38(4,36)37)18-10-15-28(34)32(20-24-11-8-9-14-26(24)30)23(3)29(35)31-25-12-6-5-7-13-25/h8-9,11,14,16-17,19,23,25H,5-7,10,12-13,15,18,20H2,1-4H3,(H,31,35)/t23-/m0/s1. The predicted molar refractivity (Wildman–Crippen MR) is 154 cm³/mol. The molecule has 1 aliphatic carbocycles. The molecule has 0 spiro atoms. The van der Waals surface area contributed by atoms with E-state index in [0.29, 0.717) is 17.1 Å². The van der Waals surface area contributed by atoms with Gasteiger partial charge in [0.25, 0.3) is 0 Å². The Morgan fingerprint density at radius 1 is 1.08 bits per heavy atom. The van der Waals surface area contributed by atoms with E-state index in [2.05, 4.69) is 5.32 Å². The Morgan fingerprint density at radius 3 is 2.42 bits per heavy atom. The van der Waals surface area contributed by atoms with Crippen LogP contribution in [0, 0.1) is 13.8 Å². The highest BCUT2D eigenvalue weighted by Gasteiger charge is 2.29. The van der Waals surface area contributed by atoms with Gasteiger partial charge in [-0.1, -0.05) is 61.2 Å². The van der Waals surface area contributed by atoms with Crippen LogP contribution >= 0.6 is 11.6 Å². The zero-order valence-electron chi connectivity index (χ0n) is 22.9. The molecule has 1 fully saturated rings. The summed E-state index contributed by atoms with van der Waals surface area (Å²) < 4.78 is 26.6. The van der Waals surface area contributed by atoms with Crippen molar-refractivity contribution in [2.24, 2.45) is 0 Å². The number of halogens is 1. The predicted octanol–water partition coefficient (Wildman–Crippen LogP) is 5.37. The number of hydrogen-bond acceptors (Lipinski definition) is 4. The monoisotopic (exact) mass is 561 g/mol. The lowest BCUT2D eigenvalue weighted by atomic mass is 9.95. The molecule has 208 valence electrons. The fourth-order valence-electron chi connectivity index (χ4n) is 4.93. The third-order valence-corrected chi connectivity index (χ3v) is 8.75. The van der Waals surface area contributed by atoms with Crippen LogP contribution in [-0.2, 0) is 26.2 Å². The fraction of sp³-hybridized carbons (Fsp3) is 0.517. The van der Waals surface area contributed by atoms with Crippen molar-refractivity contribution < 1.29 is 18.0 Å². The Labute approximate surface area is 232 Å². The van der Waals surface area contributed by atoms with Crippen LogP contribution in [0.2, 0.25) is 5.02 Å². The van der Waals surface area contributed by atoms with Gasteiger partial charge in [0, 0.05) is 30.6 Å². The molecule has 3 rings (SSSR count). The largest absolute Gasteiger partial charge is 0.352 e. The lowest BCUT2D eigenvalue weighted by molar-refractivity contribution is -0.141. The highest BCUT2D eigenvalue weighted by atomic mass is 35.5. The second-order valence-electron chi connectivity index (χ2n) is 10.4. The maximum atomic E-state index is 13.5. The number of aryl methyl sites for hydroxylation is 2. The topological polar surface area (TPSA) is 86.8 Å². The molecule has 0 saturated heterocycles. The van der Waals surface area contributed by atoms with Crippen LogP contribution in [0.4, 0.5) is 5.69 Å². The molecule has 7 nitrogen and oxygen atoms in total. The first-order valence-electron chi connectivity index (χ1n) is 13.4. The number of nitrogens with zero attached hydrogens (tertiary/aromatic N) is 2. The Bertz CT molecular complexity index is 1230. The van der Waals surface area contributed by atoms with Gasteiger partial charge in [0.05, 0.1) is 11.9 Å². The minimum absolute atomic E-state index is 0.0996. The molecule has 0 aliphatic heterocycles. The fourth-order valence-corrected chi connectivity index (χ4v) is 6.14. The molecule has 0 aromatic heterocycles. The van der Waals surface area contributed by atoms with Crippen molar-refractivity contribution in [3.63, 3.8) is 0 Å². The Kier molecular flexibility index (Phi) is 10.6. The number of rotatable bonds is 11. The van der Waals surface area contributed by atoms with Crippen LogP contribution in [-0.4, -0.2) is 50.0 Å². The number of anilines is 1. The SMILES string of the molecule is Cc1ccc(C)c(N(CCCC(=O)N(Cc2ccccc2Cl)[C@@H](C)C(=O)NC2CCCCC2)S(C)(=O)=O)c1. The van der Waals surface area contributed by atoms with Gasteiger partial charge in [-0.3, -0.25) is 13.9 Å². The van der Waals surface area contributed by atoms with Gasteiger partial charge in [0.1, 0.15) is 6.04 Å². The number of carbonyl (C=O) groups is 2. The van der Waals surface area contributed by atoms with E-state index < -0.39 is 16.1 Å². The first kappa shape index (κ1) is 30.0. The minimum Gasteiger partial charge on any atom is -0.352 e. The van der Waals surface area contributed by atoms with Crippen LogP contribution in [0.5, 0.6) is 0 Å². The number of benzene rings is 2. The molecule has 0 heterocycles. The molecular weight excluding hydrogens is 522 g/mol. The van der Waals surface area contributed by atoms with E-state index >= 15 is 0 Å². The molecule has 0 bridgehead atoms. The summed E-state index contributed by atoms with van der Waals surface area (Å²) in [4.78, 5) is 28.3. The molecule has 2 amide bonds. The summed E-state index contributed by atoms with van der Waals surface area (Å²) in [6, 6.07) is 12.4.